The first-order chi connectivity index (χ1) is 10.6. The maximum absolute atomic E-state index is 12.7. The molecule has 0 radical (unpaired) electrons. The first-order valence-corrected chi connectivity index (χ1v) is 7.54. The molecule has 1 atom stereocenters. The Hall–Kier alpha value is -2.35. The highest BCUT2D eigenvalue weighted by Crippen LogP contribution is 2.29. The number of hydrogen-bond acceptors (Lipinski definition) is 4. The third kappa shape index (κ3) is 3.85. The summed E-state index contributed by atoms with van der Waals surface area (Å²) < 4.78 is 5.01. The van der Waals surface area contributed by atoms with E-state index in [0.717, 1.165) is 12.8 Å². The normalized spacial score (nSPS) is 14.8. The Morgan fingerprint density at radius 2 is 2.18 bits per heavy atom. The summed E-state index contributed by atoms with van der Waals surface area (Å²) in [6, 6.07) is 8.89. The van der Waals surface area contributed by atoms with Gasteiger partial charge in [-0.15, -0.1) is 0 Å². The third-order valence-corrected chi connectivity index (χ3v) is 3.65. The van der Waals surface area contributed by atoms with E-state index < -0.39 is 0 Å². The molecule has 0 N–H and O–H groups in total. The van der Waals surface area contributed by atoms with Crippen molar-refractivity contribution < 1.29 is 14.3 Å². The van der Waals surface area contributed by atoms with Gasteiger partial charge in [0.25, 0.3) is 5.91 Å². The lowest BCUT2D eigenvalue weighted by Gasteiger charge is -2.25. The number of carbonyl (C=O) groups excluding carboxylic acids is 2. The van der Waals surface area contributed by atoms with Crippen LogP contribution in [0.25, 0.3) is 0 Å². The molecule has 22 heavy (non-hydrogen) atoms. The Morgan fingerprint density at radius 3 is 2.77 bits per heavy atom. The number of rotatable bonds is 6. The number of benzene rings is 1. The zero-order valence-corrected chi connectivity index (χ0v) is 12.9. The second-order valence-electron chi connectivity index (χ2n) is 5.53. The molecule has 1 amide bonds. The van der Waals surface area contributed by atoms with Gasteiger partial charge in [0.05, 0.1) is 24.2 Å². The van der Waals surface area contributed by atoms with E-state index in [1.165, 1.54) is 0 Å². The van der Waals surface area contributed by atoms with Gasteiger partial charge in [-0.05, 0) is 38.0 Å². The highest BCUT2D eigenvalue weighted by molar-refractivity contribution is 5.95. The van der Waals surface area contributed by atoms with E-state index in [9.17, 15) is 9.59 Å². The van der Waals surface area contributed by atoms with Crippen molar-refractivity contribution in [3.63, 3.8) is 0 Å². The van der Waals surface area contributed by atoms with Gasteiger partial charge < -0.3 is 9.64 Å². The Morgan fingerprint density at radius 1 is 1.45 bits per heavy atom. The van der Waals surface area contributed by atoms with Gasteiger partial charge in [0.2, 0.25) is 0 Å². The summed E-state index contributed by atoms with van der Waals surface area (Å²) in [4.78, 5) is 26.2. The lowest BCUT2D eigenvalue weighted by molar-refractivity contribution is -0.147. The van der Waals surface area contributed by atoms with Gasteiger partial charge in [-0.3, -0.25) is 9.59 Å². The molecule has 0 spiro atoms. The SMILES string of the molecule is CCOC(=O)C(C)CN(C(=O)c1cccc(C#N)c1)C1CC1. The number of amides is 1. The van der Waals surface area contributed by atoms with Crippen LogP contribution < -0.4 is 0 Å². The van der Waals surface area contributed by atoms with Crippen LogP contribution in [0.3, 0.4) is 0 Å². The highest BCUT2D eigenvalue weighted by atomic mass is 16.5. The lowest BCUT2D eigenvalue weighted by atomic mass is 10.1. The standard InChI is InChI=1S/C17H20N2O3/c1-3-22-17(21)12(2)11-19(15-7-8-15)16(20)14-6-4-5-13(9-14)10-18/h4-6,9,12,15H,3,7-8,11H2,1-2H3. The zero-order valence-electron chi connectivity index (χ0n) is 12.9. The first kappa shape index (κ1) is 16.0. The minimum Gasteiger partial charge on any atom is -0.466 e. The first-order valence-electron chi connectivity index (χ1n) is 7.54. The minimum atomic E-state index is -0.358. The molecule has 0 heterocycles. The Labute approximate surface area is 130 Å². The fourth-order valence-corrected chi connectivity index (χ4v) is 2.33. The van der Waals surface area contributed by atoms with E-state index in [1.807, 2.05) is 6.07 Å². The number of ether oxygens (including phenoxy) is 1. The van der Waals surface area contributed by atoms with Crippen LogP contribution in [-0.2, 0) is 9.53 Å². The van der Waals surface area contributed by atoms with Crippen molar-refractivity contribution in [2.75, 3.05) is 13.2 Å². The summed E-state index contributed by atoms with van der Waals surface area (Å²) in [5, 5.41) is 8.95. The van der Waals surface area contributed by atoms with Crippen LogP contribution in [0.1, 0.15) is 42.6 Å². The van der Waals surface area contributed by atoms with Crippen LogP contribution in [0.2, 0.25) is 0 Å². The largest absolute Gasteiger partial charge is 0.466 e. The second-order valence-corrected chi connectivity index (χ2v) is 5.53. The molecule has 1 fully saturated rings. The van der Waals surface area contributed by atoms with E-state index in [2.05, 4.69) is 0 Å². The molecule has 1 aliphatic rings. The quantitative estimate of drug-likeness (QED) is 0.756. The molecule has 1 unspecified atom stereocenters. The Balaban J connectivity index is 2.12. The van der Waals surface area contributed by atoms with Gasteiger partial charge in [-0.25, -0.2) is 0 Å². The van der Waals surface area contributed by atoms with Gasteiger partial charge in [0.15, 0.2) is 0 Å². The van der Waals surface area contributed by atoms with E-state index in [1.54, 1.807) is 43.0 Å². The van der Waals surface area contributed by atoms with E-state index in [-0.39, 0.29) is 23.8 Å². The van der Waals surface area contributed by atoms with Crippen LogP contribution in [0.4, 0.5) is 0 Å². The summed E-state index contributed by atoms with van der Waals surface area (Å²) in [5.74, 6) is -0.772. The van der Waals surface area contributed by atoms with E-state index >= 15 is 0 Å². The van der Waals surface area contributed by atoms with Gasteiger partial charge in [-0.1, -0.05) is 13.0 Å². The second kappa shape index (κ2) is 7.08. The third-order valence-electron chi connectivity index (χ3n) is 3.65. The average Bonchev–Trinajstić information content (AvgIpc) is 3.36. The average molecular weight is 300 g/mol. The number of esters is 1. The predicted octanol–water partition coefficient (Wildman–Crippen LogP) is 2.36. The fourth-order valence-electron chi connectivity index (χ4n) is 2.33. The molecule has 1 saturated carbocycles. The van der Waals surface area contributed by atoms with Crippen molar-refractivity contribution >= 4 is 11.9 Å². The maximum Gasteiger partial charge on any atom is 0.310 e. The summed E-state index contributed by atoms with van der Waals surface area (Å²) in [5.41, 5.74) is 0.946. The molecular formula is C17H20N2O3. The van der Waals surface area contributed by atoms with Gasteiger partial charge in [-0.2, -0.15) is 5.26 Å². The summed E-state index contributed by atoms with van der Waals surface area (Å²) in [6.07, 6.45) is 1.92. The summed E-state index contributed by atoms with van der Waals surface area (Å²) in [7, 11) is 0. The number of nitrogens with zero attached hydrogens (tertiary/aromatic N) is 2. The molecule has 0 aliphatic heterocycles. The molecule has 116 valence electrons. The summed E-state index contributed by atoms with van der Waals surface area (Å²) in [6.45, 7) is 4.22. The lowest BCUT2D eigenvalue weighted by Crippen LogP contribution is -2.39. The van der Waals surface area contributed by atoms with E-state index in [0.29, 0.717) is 24.3 Å². The van der Waals surface area contributed by atoms with Crippen molar-refractivity contribution in [3.05, 3.63) is 35.4 Å². The van der Waals surface area contributed by atoms with Crippen LogP contribution in [0.15, 0.2) is 24.3 Å². The number of carbonyl (C=O) groups is 2. The molecule has 0 bridgehead atoms. The van der Waals surface area contributed by atoms with Gasteiger partial charge in [0, 0.05) is 18.2 Å². The molecule has 2 rings (SSSR count). The van der Waals surface area contributed by atoms with Crippen molar-refractivity contribution in [1.29, 1.82) is 5.26 Å². The van der Waals surface area contributed by atoms with E-state index in [4.69, 9.17) is 10.00 Å². The van der Waals surface area contributed by atoms with Crippen molar-refractivity contribution in [2.24, 2.45) is 5.92 Å². The zero-order chi connectivity index (χ0) is 16.1. The van der Waals surface area contributed by atoms with Crippen LogP contribution in [0, 0.1) is 17.2 Å². The molecule has 5 heteroatoms. The Bertz CT molecular complexity index is 602. The number of nitriles is 1. The van der Waals surface area contributed by atoms with Crippen molar-refractivity contribution in [2.45, 2.75) is 32.7 Å². The molecule has 1 aliphatic carbocycles. The van der Waals surface area contributed by atoms with Crippen molar-refractivity contribution in [3.8, 4) is 6.07 Å². The number of hydrogen-bond donors (Lipinski definition) is 0. The summed E-state index contributed by atoms with van der Waals surface area (Å²) >= 11 is 0. The maximum atomic E-state index is 12.7. The molecule has 1 aromatic rings. The molecule has 1 aromatic carbocycles. The van der Waals surface area contributed by atoms with Crippen LogP contribution in [0.5, 0.6) is 0 Å². The highest BCUT2D eigenvalue weighted by Gasteiger charge is 2.35. The van der Waals surface area contributed by atoms with Gasteiger partial charge >= 0.3 is 5.97 Å². The molecule has 5 nitrogen and oxygen atoms in total. The molecule has 0 saturated heterocycles. The Kier molecular flexibility index (Phi) is 5.16. The van der Waals surface area contributed by atoms with Crippen LogP contribution in [-0.4, -0.2) is 36.0 Å². The predicted molar refractivity (Wildman–Crippen MR) is 81.0 cm³/mol. The van der Waals surface area contributed by atoms with Crippen LogP contribution >= 0.6 is 0 Å². The monoisotopic (exact) mass is 300 g/mol. The van der Waals surface area contributed by atoms with Gasteiger partial charge in [0.1, 0.15) is 0 Å². The fraction of sp³-hybridized carbons (Fsp3) is 0.471. The van der Waals surface area contributed by atoms with Crippen molar-refractivity contribution in [1.82, 2.24) is 4.90 Å². The molecule has 0 aromatic heterocycles. The minimum absolute atomic E-state index is 0.129. The smallest absolute Gasteiger partial charge is 0.310 e. The topological polar surface area (TPSA) is 70.4 Å². The molecular weight excluding hydrogens is 280 g/mol.